The quantitative estimate of drug-likeness (QED) is 0.553. The van der Waals surface area contributed by atoms with Gasteiger partial charge in [0.05, 0.1) is 6.54 Å². The van der Waals surface area contributed by atoms with Crippen molar-refractivity contribution in [2.75, 3.05) is 5.32 Å². The lowest BCUT2D eigenvalue weighted by Crippen LogP contribution is -2.09. The SMILES string of the molecule is CC(=O)c1ccc(Cn2ccc(NC(=O)C=Cc3ccccc3)n2)o1. The minimum absolute atomic E-state index is 0.120. The Morgan fingerprint density at radius 3 is 2.68 bits per heavy atom. The molecule has 0 spiro atoms. The molecule has 0 saturated carbocycles. The van der Waals surface area contributed by atoms with E-state index in [0.717, 1.165) is 5.56 Å². The Morgan fingerprint density at radius 2 is 1.96 bits per heavy atom. The lowest BCUT2D eigenvalue weighted by Gasteiger charge is -1.99. The third-order valence-corrected chi connectivity index (χ3v) is 3.45. The van der Waals surface area contributed by atoms with Gasteiger partial charge in [0, 0.05) is 25.3 Å². The minimum atomic E-state index is -0.258. The van der Waals surface area contributed by atoms with Gasteiger partial charge < -0.3 is 9.73 Å². The number of nitrogens with zero attached hydrogens (tertiary/aromatic N) is 2. The van der Waals surface area contributed by atoms with Gasteiger partial charge in [-0.1, -0.05) is 30.3 Å². The molecule has 126 valence electrons. The van der Waals surface area contributed by atoms with Crippen LogP contribution in [0.25, 0.3) is 6.08 Å². The fourth-order valence-electron chi connectivity index (χ4n) is 2.23. The molecule has 6 heteroatoms. The lowest BCUT2D eigenvalue weighted by molar-refractivity contribution is -0.111. The standard InChI is InChI=1S/C19H17N3O3/c1-14(23)17-9-8-16(25-17)13-22-12-11-18(21-22)20-19(24)10-7-15-5-3-2-4-6-15/h2-12H,13H2,1H3,(H,20,21,24). The molecule has 1 amide bonds. The van der Waals surface area contributed by atoms with Gasteiger partial charge in [-0.25, -0.2) is 0 Å². The molecule has 0 aliphatic heterocycles. The molecule has 25 heavy (non-hydrogen) atoms. The van der Waals surface area contributed by atoms with Gasteiger partial charge in [0.2, 0.25) is 5.91 Å². The van der Waals surface area contributed by atoms with Crippen LogP contribution < -0.4 is 5.32 Å². The molecule has 3 rings (SSSR count). The van der Waals surface area contributed by atoms with E-state index in [4.69, 9.17) is 4.42 Å². The van der Waals surface area contributed by atoms with Crippen molar-refractivity contribution in [2.24, 2.45) is 0 Å². The van der Waals surface area contributed by atoms with Gasteiger partial charge >= 0.3 is 0 Å². The second kappa shape index (κ2) is 7.44. The number of nitrogens with one attached hydrogen (secondary N) is 1. The van der Waals surface area contributed by atoms with Crippen LogP contribution in [0.3, 0.4) is 0 Å². The van der Waals surface area contributed by atoms with Crippen molar-refractivity contribution in [2.45, 2.75) is 13.5 Å². The topological polar surface area (TPSA) is 77.1 Å². The Hall–Kier alpha value is -3.41. The summed E-state index contributed by atoms with van der Waals surface area (Å²) in [5.74, 6) is 1.01. The first-order valence-electron chi connectivity index (χ1n) is 7.77. The van der Waals surface area contributed by atoms with Crippen molar-refractivity contribution < 1.29 is 14.0 Å². The van der Waals surface area contributed by atoms with Gasteiger partial charge in [0.1, 0.15) is 5.76 Å². The lowest BCUT2D eigenvalue weighted by atomic mass is 10.2. The Kier molecular flexibility index (Phi) is 4.89. The van der Waals surface area contributed by atoms with E-state index in [1.807, 2.05) is 30.3 Å². The largest absolute Gasteiger partial charge is 0.456 e. The number of hydrogen-bond donors (Lipinski definition) is 1. The third kappa shape index (κ3) is 4.54. The first-order chi connectivity index (χ1) is 12.1. The molecule has 0 aliphatic carbocycles. The highest BCUT2D eigenvalue weighted by molar-refractivity contribution is 6.01. The minimum Gasteiger partial charge on any atom is -0.456 e. The maximum atomic E-state index is 11.9. The maximum Gasteiger partial charge on any atom is 0.249 e. The molecular formula is C19H17N3O3. The summed E-state index contributed by atoms with van der Waals surface area (Å²) >= 11 is 0. The average Bonchev–Trinajstić information content (AvgIpc) is 3.24. The molecule has 0 aliphatic rings. The van der Waals surface area contributed by atoms with Gasteiger partial charge in [-0.15, -0.1) is 0 Å². The first kappa shape index (κ1) is 16.4. The van der Waals surface area contributed by atoms with Gasteiger partial charge in [-0.05, 0) is 23.8 Å². The third-order valence-electron chi connectivity index (χ3n) is 3.45. The highest BCUT2D eigenvalue weighted by atomic mass is 16.3. The monoisotopic (exact) mass is 335 g/mol. The van der Waals surface area contributed by atoms with Gasteiger partial charge in [-0.3, -0.25) is 14.3 Å². The molecule has 3 aromatic rings. The Balaban J connectivity index is 1.58. The number of Topliss-reactive ketones (excluding diaryl/α,β-unsaturated/α-hetero) is 1. The highest BCUT2D eigenvalue weighted by Gasteiger charge is 2.08. The first-order valence-corrected chi connectivity index (χ1v) is 7.77. The molecular weight excluding hydrogens is 318 g/mol. The number of aromatic nitrogens is 2. The molecule has 1 N–H and O–H groups in total. The number of benzene rings is 1. The maximum absolute atomic E-state index is 11.9. The van der Waals surface area contributed by atoms with Crippen LogP contribution in [-0.4, -0.2) is 21.5 Å². The van der Waals surface area contributed by atoms with E-state index in [0.29, 0.717) is 23.9 Å². The van der Waals surface area contributed by atoms with Crippen molar-refractivity contribution in [3.8, 4) is 0 Å². The normalized spacial score (nSPS) is 10.9. The fraction of sp³-hybridized carbons (Fsp3) is 0.105. The van der Waals surface area contributed by atoms with E-state index in [2.05, 4.69) is 10.4 Å². The molecule has 0 saturated heterocycles. The van der Waals surface area contributed by atoms with Crippen molar-refractivity contribution in [1.82, 2.24) is 9.78 Å². The van der Waals surface area contributed by atoms with Gasteiger partial charge in [-0.2, -0.15) is 5.10 Å². The summed E-state index contributed by atoms with van der Waals surface area (Å²) in [4.78, 5) is 23.2. The van der Waals surface area contributed by atoms with Crippen LogP contribution in [0.15, 0.2) is 65.2 Å². The van der Waals surface area contributed by atoms with Crippen LogP contribution in [0.1, 0.15) is 28.8 Å². The predicted molar refractivity (Wildman–Crippen MR) is 94.1 cm³/mol. The molecule has 0 radical (unpaired) electrons. The smallest absolute Gasteiger partial charge is 0.249 e. The number of carbonyl (C=O) groups is 2. The summed E-state index contributed by atoms with van der Waals surface area (Å²) in [5.41, 5.74) is 0.947. The summed E-state index contributed by atoms with van der Waals surface area (Å²) in [6.45, 7) is 1.83. The van der Waals surface area contributed by atoms with E-state index < -0.39 is 0 Å². The highest BCUT2D eigenvalue weighted by Crippen LogP contribution is 2.11. The summed E-state index contributed by atoms with van der Waals surface area (Å²) in [5, 5.41) is 6.96. The zero-order valence-electron chi connectivity index (χ0n) is 13.7. The number of ketones is 1. The average molecular weight is 335 g/mol. The van der Waals surface area contributed by atoms with Crippen LogP contribution >= 0.6 is 0 Å². The molecule has 0 unspecified atom stereocenters. The van der Waals surface area contributed by atoms with E-state index in [1.165, 1.54) is 13.0 Å². The van der Waals surface area contributed by atoms with Crippen LogP contribution in [0.5, 0.6) is 0 Å². The number of carbonyl (C=O) groups excluding carboxylic acids is 2. The zero-order valence-corrected chi connectivity index (χ0v) is 13.7. The molecule has 2 heterocycles. The molecule has 2 aromatic heterocycles. The molecule has 0 atom stereocenters. The zero-order chi connectivity index (χ0) is 17.6. The fourth-order valence-corrected chi connectivity index (χ4v) is 2.23. The van der Waals surface area contributed by atoms with Crippen molar-refractivity contribution in [1.29, 1.82) is 0 Å². The summed E-state index contributed by atoms with van der Waals surface area (Å²) < 4.78 is 7.04. The van der Waals surface area contributed by atoms with Gasteiger partial charge in [0.15, 0.2) is 17.4 Å². The van der Waals surface area contributed by atoms with Crippen LogP contribution in [-0.2, 0) is 11.3 Å². The summed E-state index contributed by atoms with van der Waals surface area (Å²) in [6, 6.07) is 14.6. The Bertz CT molecular complexity index is 907. The predicted octanol–water partition coefficient (Wildman–Crippen LogP) is 3.38. The number of anilines is 1. The van der Waals surface area contributed by atoms with Gasteiger partial charge in [0.25, 0.3) is 0 Å². The molecule has 0 fully saturated rings. The summed E-state index contributed by atoms with van der Waals surface area (Å²) in [7, 11) is 0. The van der Waals surface area contributed by atoms with E-state index in [9.17, 15) is 9.59 Å². The number of amides is 1. The van der Waals surface area contributed by atoms with Crippen molar-refractivity contribution in [3.05, 3.63) is 77.9 Å². The van der Waals surface area contributed by atoms with Crippen molar-refractivity contribution in [3.63, 3.8) is 0 Å². The van der Waals surface area contributed by atoms with Crippen LogP contribution in [0.4, 0.5) is 5.82 Å². The van der Waals surface area contributed by atoms with E-state index in [-0.39, 0.29) is 11.7 Å². The number of furan rings is 1. The van der Waals surface area contributed by atoms with Crippen LogP contribution in [0, 0.1) is 0 Å². The molecule has 0 bridgehead atoms. The van der Waals surface area contributed by atoms with E-state index >= 15 is 0 Å². The molecule has 1 aromatic carbocycles. The number of rotatable bonds is 6. The second-order valence-electron chi connectivity index (χ2n) is 5.45. The Morgan fingerprint density at radius 1 is 1.16 bits per heavy atom. The Labute approximate surface area is 144 Å². The summed E-state index contributed by atoms with van der Waals surface area (Å²) in [6.07, 6.45) is 4.92. The van der Waals surface area contributed by atoms with Crippen LogP contribution in [0.2, 0.25) is 0 Å². The molecule has 6 nitrogen and oxygen atoms in total. The second-order valence-corrected chi connectivity index (χ2v) is 5.45. The number of hydrogen-bond acceptors (Lipinski definition) is 4. The van der Waals surface area contributed by atoms with E-state index in [1.54, 1.807) is 35.2 Å². The van der Waals surface area contributed by atoms with Crippen molar-refractivity contribution >= 4 is 23.6 Å².